The Kier molecular flexibility index (Phi) is 7.64. The van der Waals surface area contributed by atoms with Crippen molar-refractivity contribution in [3.05, 3.63) is 47.0 Å². The lowest BCUT2D eigenvalue weighted by molar-refractivity contribution is -0.187. The topological polar surface area (TPSA) is 29.5 Å². The van der Waals surface area contributed by atoms with E-state index >= 15 is 0 Å². The summed E-state index contributed by atoms with van der Waals surface area (Å²) < 4.78 is 0. The molecule has 0 radical (unpaired) electrons. The summed E-state index contributed by atoms with van der Waals surface area (Å²) in [5, 5.41) is 1.65. The van der Waals surface area contributed by atoms with Gasteiger partial charge in [0.2, 0.25) is 0 Å². The fourth-order valence-corrected chi connectivity index (χ4v) is 1.58. The zero-order valence-electron chi connectivity index (χ0n) is 12.0. The summed E-state index contributed by atoms with van der Waals surface area (Å²) in [6, 6.07) is 6.15. The molecule has 0 bridgehead atoms. The summed E-state index contributed by atoms with van der Waals surface area (Å²) in [4.78, 5) is 16.7. The largest absolute Gasteiger partial charge is 0.364 e. The van der Waals surface area contributed by atoms with Crippen molar-refractivity contribution in [2.75, 3.05) is 6.54 Å². The van der Waals surface area contributed by atoms with E-state index in [4.69, 9.17) is 4.84 Å². The normalized spacial score (nSPS) is 9.95. The fraction of sp³-hybridized carbons (Fsp3) is 0.400. The molecule has 0 fully saturated rings. The van der Waals surface area contributed by atoms with E-state index in [1.807, 2.05) is 13.0 Å². The van der Waals surface area contributed by atoms with Crippen LogP contribution in [-0.4, -0.2) is 17.6 Å². The monoisotopic (exact) mass is 327 g/mol. The minimum atomic E-state index is -0.373. The summed E-state index contributed by atoms with van der Waals surface area (Å²) in [6.07, 6.45) is 0. The first kappa shape index (κ1) is 17.9. The molecular formula is C15H22BrNO2. The smallest absolute Gasteiger partial charge is 0.352 e. The molecular weight excluding hydrogens is 306 g/mol. The highest BCUT2D eigenvalue weighted by atomic mass is 79.9. The van der Waals surface area contributed by atoms with Gasteiger partial charge < -0.3 is 4.84 Å². The van der Waals surface area contributed by atoms with Crippen LogP contribution in [0.4, 0.5) is 0 Å². The van der Waals surface area contributed by atoms with Crippen LogP contribution in [0.25, 0.3) is 0 Å². The van der Waals surface area contributed by atoms with Gasteiger partial charge in [-0.25, -0.2) is 4.79 Å². The first-order chi connectivity index (χ1) is 8.45. The Morgan fingerprint density at radius 1 is 1.37 bits per heavy atom. The van der Waals surface area contributed by atoms with Gasteiger partial charge in [0.05, 0.1) is 6.54 Å². The van der Waals surface area contributed by atoms with Gasteiger partial charge >= 0.3 is 5.97 Å². The van der Waals surface area contributed by atoms with Gasteiger partial charge in [-0.15, -0.1) is 22.0 Å². The summed E-state index contributed by atoms with van der Waals surface area (Å²) in [6.45, 7) is 12.6. The number of carbonyl (C=O) groups excluding carboxylic acids is 1. The number of hydrogen-bond donors (Lipinski definition) is 0. The maximum absolute atomic E-state index is 11.5. The highest BCUT2D eigenvalue weighted by Gasteiger charge is 2.12. The molecule has 0 aromatic heterocycles. The average Bonchev–Trinajstić information content (AvgIpc) is 2.33. The Bertz CT molecular complexity index is 457. The van der Waals surface area contributed by atoms with E-state index in [1.54, 1.807) is 12.0 Å². The van der Waals surface area contributed by atoms with Crippen LogP contribution in [0.3, 0.4) is 0 Å². The van der Waals surface area contributed by atoms with Crippen LogP contribution >= 0.6 is 17.0 Å². The SMILES string of the molecule is Br.C=C(C)C(=O)ON(CC)Cc1cccc(C)c1C. The van der Waals surface area contributed by atoms with Crippen LogP contribution in [0.1, 0.15) is 30.5 Å². The number of carbonyl (C=O) groups is 1. The lowest BCUT2D eigenvalue weighted by Crippen LogP contribution is -2.27. The van der Waals surface area contributed by atoms with Crippen LogP contribution in [0.2, 0.25) is 0 Å². The standard InChI is InChI=1S/C15H21NO2.BrH/c1-6-16(18-15(17)11(2)3)10-14-9-7-8-12(4)13(14)5;/h7-9H,2,6,10H2,1,3-5H3;1H. The maximum Gasteiger partial charge on any atom is 0.352 e. The Balaban J connectivity index is 0.00000324. The molecule has 3 nitrogen and oxygen atoms in total. The summed E-state index contributed by atoms with van der Waals surface area (Å²) in [5.74, 6) is -0.373. The maximum atomic E-state index is 11.5. The Morgan fingerprint density at radius 3 is 2.53 bits per heavy atom. The molecule has 0 spiro atoms. The number of halogens is 1. The van der Waals surface area contributed by atoms with Gasteiger partial charge in [0.1, 0.15) is 0 Å². The zero-order valence-corrected chi connectivity index (χ0v) is 13.7. The predicted molar refractivity (Wildman–Crippen MR) is 83.2 cm³/mol. The fourth-order valence-electron chi connectivity index (χ4n) is 1.58. The lowest BCUT2D eigenvalue weighted by atomic mass is 10.0. The molecule has 0 saturated carbocycles. The molecule has 0 aliphatic rings. The van der Waals surface area contributed by atoms with Crippen molar-refractivity contribution in [3.63, 3.8) is 0 Å². The molecule has 0 heterocycles. The Hall–Kier alpha value is -1.13. The quantitative estimate of drug-likeness (QED) is 0.609. The van der Waals surface area contributed by atoms with Crippen LogP contribution in [0.15, 0.2) is 30.4 Å². The van der Waals surface area contributed by atoms with Crippen molar-refractivity contribution in [2.45, 2.75) is 34.2 Å². The number of nitrogens with zero attached hydrogens (tertiary/aromatic N) is 1. The van der Waals surface area contributed by atoms with Gasteiger partial charge in [0.25, 0.3) is 0 Å². The van der Waals surface area contributed by atoms with E-state index < -0.39 is 0 Å². The summed E-state index contributed by atoms with van der Waals surface area (Å²) in [5.41, 5.74) is 4.07. The van der Waals surface area contributed by atoms with E-state index in [-0.39, 0.29) is 23.0 Å². The number of benzene rings is 1. The van der Waals surface area contributed by atoms with Gasteiger partial charge in [-0.05, 0) is 44.4 Å². The van der Waals surface area contributed by atoms with Gasteiger partial charge in [-0.2, -0.15) is 0 Å². The van der Waals surface area contributed by atoms with Crippen LogP contribution in [-0.2, 0) is 16.2 Å². The van der Waals surface area contributed by atoms with Crippen molar-refractivity contribution < 1.29 is 9.63 Å². The number of hydroxylamine groups is 2. The molecule has 19 heavy (non-hydrogen) atoms. The third-order valence-corrected chi connectivity index (χ3v) is 2.98. The lowest BCUT2D eigenvalue weighted by Gasteiger charge is -2.21. The van der Waals surface area contributed by atoms with E-state index in [9.17, 15) is 4.79 Å². The predicted octanol–water partition coefficient (Wildman–Crippen LogP) is 3.74. The highest BCUT2D eigenvalue weighted by molar-refractivity contribution is 8.93. The first-order valence-corrected chi connectivity index (χ1v) is 6.13. The third-order valence-electron chi connectivity index (χ3n) is 2.98. The van der Waals surface area contributed by atoms with Crippen molar-refractivity contribution in [3.8, 4) is 0 Å². The third kappa shape index (κ3) is 5.17. The molecule has 1 rings (SSSR count). The number of hydrogen-bond acceptors (Lipinski definition) is 3. The van der Waals surface area contributed by atoms with Crippen molar-refractivity contribution in [1.82, 2.24) is 5.06 Å². The summed E-state index contributed by atoms with van der Waals surface area (Å²) >= 11 is 0. The van der Waals surface area contributed by atoms with E-state index in [1.165, 1.54) is 16.7 Å². The molecule has 0 atom stereocenters. The second-order valence-corrected chi connectivity index (χ2v) is 4.47. The average molecular weight is 328 g/mol. The van der Waals surface area contributed by atoms with Crippen molar-refractivity contribution in [1.29, 1.82) is 0 Å². The summed E-state index contributed by atoms with van der Waals surface area (Å²) in [7, 11) is 0. The second kappa shape index (κ2) is 8.12. The van der Waals surface area contributed by atoms with Crippen LogP contribution in [0.5, 0.6) is 0 Å². The number of rotatable bonds is 5. The van der Waals surface area contributed by atoms with E-state index in [0.29, 0.717) is 18.7 Å². The van der Waals surface area contributed by atoms with E-state index in [2.05, 4.69) is 32.6 Å². The minimum Gasteiger partial charge on any atom is -0.364 e. The van der Waals surface area contributed by atoms with Crippen LogP contribution in [0, 0.1) is 13.8 Å². The second-order valence-electron chi connectivity index (χ2n) is 4.47. The van der Waals surface area contributed by atoms with Gasteiger partial charge in [-0.3, -0.25) is 0 Å². The van der Waals surface area contributed by atoms with Crippen molar-refractivity contribution in [2.24, 2.45) is 0 Å². The van der Waals surface area contributed by atoms with E-state index in [0.717, 1.165) is 0 Å². The van der Waals surface area contributed by atoms with Gasteiger partial charge in [0.15, 0.2) is 0 Å². The molecule has 0 aliphatic carbocycles. The first-order valence-electron chi connectivity index (χ1n) is 6.13. The Labute approximate surface area is 126 Å². The minimum absolute atomic E-state index is 0. The molecule has 0 saturated heterocycles. The highest BCUT2D eigenvalue weighted by Crippen LogP contribution is 2.15. The van der Waals surface area contributed by atoms with Gasteiger partial charge in [0, 0.05) is 12.1 Å². The molecule has 0 amide bonds. The molecule has 0 N–H and O–H groups in total. The van der Waals surface area contributed by atoms with Crippen molar-refractivity contribution >= 4 is 23.0 Å². The molecule has 106 valence electrons. The van der Waals surface area contributed by atoms with Gasteiger partial charge in [-0.1, -0.05) is 24.8 Å². The Morgan fingerprint density at radius 2 is 2.00 bits per heavy atom. The zero-order chi connectivity index (χ0) is 13.7. The molecule has 0 unspecified atom stereocenters. The molecule has 1 aromatic rings. The molecule has 4 heteroatoms. The molecule has 0 aliphatic heterocycles. The molecule has 1 aromatic carbocycles. The van der Waals surface area contributed by atoms with Crippen LogP contribution < -0.4 is 0 Å². The number of aryl methyl sites for hydroxylation is 1.